The lowest BCUT2D eigenvalue weighted by atomic mass is 10.1. The van der Waals surface area contributed by atoms with Crippen LogP contribution in [0.5, 0.6) is 0 Å². The number of hydrogen-bond donors (Lipinski definition) is 3. The predicted octanol–water partition coefficient (Wildman–Crippen LogP) is 1.15. The molecular formula is C9H10ClN3O2. The van der Waals surface area contributed by atoms with Crippen LogP contribution in [0.3, 0.4) is 0 Å². The second-order valence-electron chi connectivity index (χ2n) is 2.69. The Hall–Kier alpha value is -1.72. The van der Waals surface area contributed by atoms with Crippen molar-refractivity contribution in [2.24, 2.45) is 11.6 Å². The summed E-state index contributed by atoms with van der Waals surface area (Å²) in [6.45, 7) is 0. The van der Waals surface area contributed by atoms with Crippen molar-refractivity contribution in [1.29, 1.82) is 0 Å². The standard InChI is InChI=1S/C9H10ClN3O2/c10-6-2-1-3-7(8(6)9(14)15)13(12)5-4-11/h1-5H,11-12H2,(H,14,15)/b5-4-. The number of nitrogens with zero attached hydrogens (tertiary/aromatic N) is 1. The molecule has 5 N–H and O–H groups in total. The summed E-state index contributed by atoms with van der Waals surface area (Å²) in [5.74, 6) is 4.42. The van der Waals surface area contributed by atoms with Crippen LogP contribution in [0.25, 0.3) is 0 Å². The van der Waals surface area contributed by atoms with Crippen molar-refractivity contribution in [1.82, 2.24) is 0 Å². The number of halogens is 1. The fraction of sp³-hybridized carbons (Fsp3) is 0. The van der Waals surface area contributed by atoms with Gasteiger partial charge < -0.3 is 10.8 Å². The topological polar surface area (TPSA) is 92.6 Å². The lowest BCUT2D eigenvalue weighted by molar-refractivity contribution is 0.0698. The second kappa shape index (κ2) is 4.68. The van der Waals surface area contributed by atoms with Crippen molar-refractivity contribution in [2.45, 2.75) is 0 Å². The Morgan fingerprint density at radius 1 is 1.53 bits per heavy atom. The van der Waals surface area contributed by atoms with Crippen molar-refractivity contribution in [3.63, 3.8) is 0 Å². The number of hydrazine groups is 1. The molecule has 0 radical (unpaired) electrons. The van der Waals surface area contributed by atoms with E-state index in [2.05, 4.69) is 0 Å². The van der Waals surface area contributed by atoms with Crippen LogP contribution >= 0.6 is 11.6 Å². The van der Waals surface area contributed by atoms with E-state index in [4.69, 9.17) is 28.3 Å². The number of carboxylic acids is 1. The van der Waals surface area contributed by atoms with E-state index in [-0.39, 0.29) is 16.3 Å². The molecule has 80 valence electrons. The van der Waals surface area contributed by atoms with Crippen LogP contribution in [0.4, 0.5) is 5.69 Å². The summed E-state index contributed by atoms with van der Waals surface area (Å²) >= 11 is 5.75. The molecule has 1 aromatic carbocycles. The number of carbonyl (C=O) groups is 1. The van der Waals surface area contributed by atoms with Gasteiger partial charge in [0.05, 0.1) is 10.7 Å². The van der Waals surface area contributed by atoms with E-state index in [1.165, 1.54) is 24.5 Å². The van der Waals surface area contributed by atoms with Gasteiger partial charge in [-0.2, -0.15) is 0 Å². The minimum atomic E-state index is -1.14. The number of nitrogens with two attached hydrogens (primary N) is 2. The van der Waals surface area contributed by atoms with Crippen LogP contribution in [-0.4, -0.2) is 11.1 Å². The Morgan fingerprint density at radius 2 is 2.20 bits per heavy atom. The molecule has 0 fully saturated rings. The largest absolute Gasteiger partial charge is 0.478 e. The Bertz CT molecular complexity index is 406. The number of aromatic carboxylic acids is 1. The van der Waals surface area contributed by atoms with Gasteiger partial charge in [-0.05, 0) is 12.1 Å². The van der Waals surface area contributed by atoms with Gasteiger partial charge in [-0.3, -0.25) is 5.01 Å². The summed E-state index contributed by atoms with van der Waals surface area (Å²) in [4.78, 5) is 10.9. The molecule has 0 saturated carbocycles. The van der Waals surface area contributed by atoms with Crippen molar-refractivity contribution < 1.29 is 9.90 Å². The average molecular weight is 228 g/mol. The van der Waals surface area contributed by atoms with Crippen molar-refractivity contribution in [3.8, 4) is 0 Å². The smallest absolute Gasteiger partial charge is 0.339 e. The van der Waals surface area contributed by atoms with E-state index in [0.717, 1.165) is 5.01 Å². The monoisotopic (exact) mass is 227 g/mol. The van der Waals surface area contributed by atoms with Gasteiger partial charge in [-0.1, -0.05) is 17.7 Å². The first kappa shape index (κ1) is 11.4. The quantitative estimate of drug-likeness (QED) is 0.532. The third-order valence-corrected chi connectivity index (χ3v) is 2.05. The van der Waals surface area contributed by atoms with Crippen LogP contribution in [0.1, 0.15) is 10.4 Å². The second-order valence-corrected chi connectivity index (χ2v) is 3.10. The number of benzene rings is 1. The number of hydrogen-bond acceptors (Lipinski definition) is 4. The molecule has 15 heavy (non-hydrogen) atoms. The van der Waals surface area contributed by atoms with Crippen LogP contribution in [-0.2, 0) is 0 Å². The van der Waals surface area contributed by atoms with Gasteiger partial charge in [0.1, 0.15) is 5.56 Å². The minimum Gasteiger partial charge on any atom is -0.478 e. The molecule has 0 saturated heterocycles. The number of rotatable bonds is 3. The summed E-state index contributed by atoms with van der Waals surface area (Å²) < 4.78 is 0. The Kier molecular flexibility index (Phi) is 3.54. The van der Waals surface area contributed by atoms with E-state index in [0.29, 0.717) is 0 Å². The van der Waals surface area contributed by atoms with E-state index in [1.807, 2.05) is 0 Å². The van der Waals surface area contributed by atoms with Crippen LogP contribution in [0.15, 0.2) is 30.6 Å². The maximum absolute atomic E-state index is 10.9. The predicted molar refractivity (Wildman–Crippen MR) is 58.4 cm³/mol. The first-order valence-corrected chi connectivity index (χ1v) is 4.40. The highest BCUT2D eigenvalue weighted by molar-refractivity contribution is 6.34. The molecule has 0 heterocycles. The molecule has 1 aromatic rings. The van der Waals surface area contributed by atoms with Crippen molar-refractivity contribution in [2.75, 3.05) is 5.01 Å². The van der Waals surface area contributed by atoms with Gasteiger partial charge in [0, 0.05) is 12.4 Å². The molecule has 0 atom stereocenters. The van der Waals surface area contributed by atoms with Crippen LogP contribution < -0.4 is 16.6 Å². The molecule has 0 aliphatic rings. The van der Waals surface area contributed by atoms with E-state index >= 15 is 0 Å². The third-order valence-electron chi connectivity index (χ3n) is 1.73. The zero-order valence-electron chi connectivity index (χ0n) is 7.72. The molecular weight excluding hydrogens is 218 g/mol. The summed E-state index contributed by atoms with van der Waals surface area (Å²) in [7, 11) is 0. The molecule has 0 aliphatic heterocycles. The molecule has 0 spiro atoms. The Labute approximate surface area is 91.5 Å². The summed E-state index contributed by atoms with van der Waals surface area (Å²) in [6.07, 6.45) is 2.53. The summed E-state index contributed by atoms with van der Waals surface area (Å²) in [6, 6.07) is 4.62. The fourth-order valence-corrected chi connectivity index (χ4v) is 1.36. The Morgan fingerprint density at radius 3 is 2.73 bits per heavy atom. The zero-order chi connectivity index (χ0) is 11.4. The van der Waals surface area contributed by atoms with Gasteiger partial charge in [-0.15, -0.1) is 0 Å². The number of carboxylic acid groups (broad SMARTS) is 1. The molecule has 6 heteroatoms. The highest BCUT2D eigenvalue weighted by atomic mass is 35.5. The highest BCUT2D eigenvalue weighted by Gasteiger charge is 2.16. The van der Waals surface area contributed by atoms with Crippen LogP contribution in [0, 0.1) is 0 Å². The number of anilines is 1. The first-order chi connectivity index (χ1) is 7.07. The van der Waals surface area contributed by atoms with Gasteiger partial charge in [-0.25, -0.2) is 10.6 Å². The van der Waals surface area contributed by atoms with Crippen LogP contribution in [0.2, 0.25) is 5.02 Å². The van der Waals surface area contributed by atoms with Gasteiger partial charge in [0.2, 0.25) is 0 Å². The first-order valence-electron chi connectivity index (χ1n) is 4.02. The van der Waals surface area contributed by atoms with Crippen molar-refractivity contribution in [3.05, 3.63) is 41.2 Å². The third kappa shape index (κ3) is 2.39. The highest BCUT2D eigenvalue weighted by Crippen LogP contribution is 2.26. The van der Waals surface area contributed by atoms with E-state index in [9.17, 15) is 4.79 Å². The molecule has 0 amide bonds. The van der Waals surface area contributed by atoms with E-state index < -0.39 is 5.97 Å². The zero-order valence-corrected chi connectivity index (χ0v) is 8.48. The fourth-order valence-electron chi connectivity index (χ4n) is 1.11. The van der Waals surface area contributed by atoms with E-state index in [1.54, 1.807) is 6.07 Å². The van der Waals surface area contributed by atoms with Gasteiger partial charge >= 0.3 is 5.97 Å². The molecule has 1 rings (SSSR count). The van der Waals surface area contributed by atoms with Crippen molar-refractivity contribution >= 4 is 23.3 Å². The Balaban J connectivity index is 3.28. The molecule has 5 nitrogen and oxygen atoms in total. The molecule has 0 aliphatic carbocycles. The maximum atomic E-state index is 10.9. The van der Waals surface area contributed by atoms with Gasteiger partial charge in [0.25, 0.3) is 0 Å². The molecule has 0 unspecified atom stereocenters. The summed E-state index contributed by atoms with van der Waals surface area (Å²) in [5.41, 5.74) is 5.37. The molecule has 0 bridgehead atoms. The minimum absolute atomic E-state index is 0.0558. The maximum Gasteiger partial charge on any atom is 0.339 e. The summed E-state index contributed by atoms with van der Waals surface area (Å²) in [5, 5.41) is 10.2. The molecule has 0 aromatic heterocycles. The lowest BCUT2D eigenvalue weighted by Crippen LogP contribution is -2.26. The van der Waals surface area contributed by atoms with Gasteiger partial charge in [0.15, 0.2) is 0 Å². The normalized spacial score (nSPS) is 10.5. The lowest BCUT2D eigenvalue weighted by Gasteiger charge is -2.16. The average Bonchev–Trinajstić information content (AvgIpc) is 2.17. The SMILES string of the molecule is N/C=C\N(N)c1cccc(Cl)c1C(=O)O.